The van der Waals surface area contributed by atoms with Crippen molar-refractivity contribution >= 4 is 34.3 Å². The molecule has 0 atom stereocenters. The van der Waals surface area contributed by atoms with Crippen LogP contribution in [0.4, 0.5) is 15.5 Å². The highest BCUT2D eigenvalue weighted by molar-refractivity contribution is 7.20. The van der Waals surface area contributed by atoms with Crippen LogP contribution in [0.2, 0.25) is 0 Å². The van der Waals surface area contributed by atoms with Crippen LogP contribution in [0.3, 0.4) is 0 Å². The number of nitrogens with zero attached hydrogens (tertiary/aromatic N) is 5. The van der Waals surface area contributed by atoms with Crippen LogP contribution in [0.15, 0.2) is 53.9 Å². The Bertz CT molecular complexity index is 1520. The van der Waals surface area contributed by atoms with Crippen molar-refractivity contribution in [1.82, 2.24) is 20.6 Å². The topological polar surface area (TPSA) is 161 Å². The van der Waals surface area contributed by atoms with E-state index in [2.05, 4.69) is 42.0 Å². The number of methoxy groups -OCH3 is 1. The molecular formula is C26H24N8O4S. The SMILES string of the molecule is COc1cc(/C=N/NC(=O)Nc2ccc(-c3c(-c4ncn[nH]4)sc(N4CCOCC4)c3C#N)cc2)ccc1O. The molecule has 13 heteroatoms. The number of anilines is 2. The summed E-state index contributed by atoms with van der Waals surface area (Å²) in [6.07, 6.45) is 2.87. The predicted molar refractivity (Wildman–Crippen MR) is 147 cm³/mol. The van der Waals surface area contributed by atoms with Gasteiger partial charge >= 0.3 is 6.03 Å². The molecule has 4 aromatic rings. The van der Waals surface area contributed by atoms with E-state index >= 15 is 0 Å². The van der Waals surface area contributed by atoms with E-state index in [0.29, 0.717) is 54.7 Å². The van der Waals surface area contributed by atoms with E-state index in [0.717, 1.165) is 21.0 Å². The van der Waals surface area contributed by atoms with Gasteiger partial charge in [-0.15, -0.1) is 11.3 Å². The zero-order valence-corrected chi connectivity index (χ0v) is 21.7. The lowest BCUT2D eigenvalue weighted by atomic mass is 10.0. The minimum absolute atomic E-state index is 0.0124. The molecule has 0 bridgehead atoms. The monoisotopic (exact) mass is 544 g/mol. The zero-order chi connectivity index (χ0) is 27.2. The van der Waals surface area contributed by atoms with Crippen LogP contribution in [-0.4, -0.2) is 65.9 Å². The second kappa shape index (κ2) is 11.6. The Morgan fingerprint density at radius 3 is 2.77 bits per heavy atom. The molecule has 0 saturated carbocycles. The van der Waals surface area contributed by atoms with Gasteiger partial charge in [0.25, 0.3) is 0 Å². The van der Waals surface area contributed by atoms with Crippen molar-refractivity contribution in [2.24, 2.45) is 5.10 Å². The number of nitriles is 1. The lowest BCUT2D eigenvalue weighted by Crippen LogP contribution is -2.36. The molecule has 198 valence electrons. The van der Waals surface area contributed by atoms with Gasteiger partial charge in [-0.05, 0) is 41.5 Å². The number of carbonyl (C=O) groups excluding carboxylic acids is 1. The number of ether oxygens (including phenoxy) is 2. The number of rotatable bonds is 7. The summed E-state index contributed by atoms with van der Waals surface area (Å²) in [7, 11) is 1.45. The van der Waals surface area contributed by atoms with E-state index in [-0.39, 0.29) is 5.75 Å². The fraction of sp³-hybridized carbons (Fsp3) is 0.192. The van der Waals surface area contributed by atoms with Crippen LogP contribution < -0.4 is 20.4 Å². The quantitative estimate of drug-likeness (QED) is 0.202. The fourth-order valence-electron chi connectivity index (χ4n) is 4.09. The van der Waals surface area contributed by atoms with Crippen molar-refractivity contribution in [2.45, 2.75) is 0 Å². The summed E-state index contributed by atoms with van der Waals surface area (Å²) >= 11 is 1.49. The average molecular weight is 545 g/mol. The number of morpholine rings is 1. The molecule has 1 aliphatic heterocycles. The molecule has 1 fully saturated rings. The van der Waals surface area contributed by atoms with E-state index < -0.39 is 6.03 Å². The molecule has 1 saturated heterocycles. The number of aromatic amines is 1. The number of amides is 2. The van der Waals surface area contributed by atoms with Gasteiger partial charge in [0.2, 0.25) is 0 Å². The molecule has 0 spiro atoms. The number of hydrogen-bond acceptors (Lipinski definition) is 10. The number of hydrogen-bond donors (Lipinski definition) is 4. The standard InChI is InChI=1S/C26H24N8O4S/c1-37-21-12-16(2-7-20(21)35)14-29-33-26(36)31-18-5-3-17(4-6-18)22-19(13-27)25(34-8-10-38-11-9-34)39-23(22)24-28-15-30-32-24/h2-7,12,14-15,35H,8-11H2,1H3,(H,28,30,32)(H2,31,33,36)/b29-14+. The molecule has 12 nitrogen and oxygen atoms in total. The number of nitrogens with one attached hydrogen (secondary N) is 3. The molecule has 2 amide bonds. The number of carbonyl (C=O) groups is 1. The maximum Gasteiger partial charge on any atom is 0.339 e. The number of phenols is 1. The number of phenolic OH excluding ortho intramolecular Hbond substituents is 1. The molecule has 0 aliphatic carbocycles. The van der Waals surface area contributed by atoms with E-state index in [1.165, 1.54) is 37.1 Å². The van der Waals surface area contributed by atoms with Gasteiger partial charge in [0.15, 0.2) is 17.3 Å². The van der Waals surface area contributed by atoms with Crippen molar-refractivity contribution in [2.75, 3.05) is 43.6 Å². The third-order valence-electron chi connectivity index (χ3n) is 5.94. The number of aromatic hydroxyl groups is 1. The first-order valence-corrected chi connectivity index (χ1v) is 12.7. The number of H-pyrrole nitrogens is 1. The van der Waals surface area contributed by atoms with Crippen molar-refractivity contribution in [3.05, 3.63) is 59.9 Å². The Labute approximate surface area is 227 Å². The molecule has 1 aliphatic rings. The Balaban J connectivity index is 1.33. The Morgan fingerprint density at radius 1 is 1.28 bits per heavy atom. The normalized spacial score (nSPS) is 13.3. The summed E-state index contributed by atoms with van der Waals surface area (Å²) in [6, 6.07) is 13.7. The third-order valence-corrected chi connectivity index (χ3v) is 7.20. The van der Waals surface area contributed by atoms with Gasteiger partial charge in [0.1, 0.15) is 17.4 Å². The first-order valence-electron chi connectivity index (χ1n) is 11.9. The first kappa shape index (κ1) is 25.7. The summed E-state index contributed by atoms with van der Waals surface area (Å²) in [5.74, 6) is 0.896. The van der Waals surface area contributed by atoms with Gasteiger partial charge in [-0.25, -0.2) is 15.2 Å². The number of hydrazone groups is 1. The van der Waals surface area contributed by atoms with E-state index in [1.54, 1.807) is 24.3 Å². The van der Waals surface area contributed by atoms with Gasteiger partial charge < -0.3 is 24.8 Å². The maximum atomic E-state index is 12.3. The minimum atomic E-state index is -0.532. The first-order chi connectivity index (χ1) is 19.1. The lowest BCUT2D eigenvalue weighted by molar-refractivity contribution is 0.123. The predicted octanol–water partition coefficient (Wildman–Crippen LogP) is 3.78. The Hall–Kier alpha value is -4.93. The van der Waals surface area contributed by atoms with Crippen molar-refractivity contribution in [3.63, 3.8) is 0 Å². The second-order valence-electron chi connectivity index (χ2n) is 8.36. The van der Waals surface area contributed by atoms with Gasteiger partial charge in [0.05, 0.1) is 37.0 Å². The van der Waals surface area contributed by atoms with Crippen LogP contribution in [0.25, 0.3) is 21.8 Å². The fourth-order valence-corrected chi connectivity index (χ4v) is 5.36. The van der Waals surface area contributed by atoms with Gasteiger partial charge in [-0.2, -0.15) is 15.5 Å². The third kappa shape index (κ3) is 5.66. The molecule has 39 heavy (non-hydrogen) atoms. The van der Waals surface area contributed by atoms with Gasteiger partial charge in [-0.1, -0.05) is 12.1 Å². The highest BCUT2D eigenvalue weighted by atomic mass is 32.1. The average Bonchev–Trinajstić information content (AvgIpc) is 3.63. The molecule has 5 rings (SSSR count). The highest BCUT2D eigenvalue weighted by Crippen LogP contribution is 2.46. The highest BCUT2D eigenvalue weighted by Gasteiger charge is 2.26. The molecule has 2 aromatic carbocycles. The largest absolute Gasteiger partial charge is 0.504 e. The van der Waals surface area contributed by atoms with Gasteiger partial charge in [0, 0.05) is 24.3 Å². The molecule has 3 heterocycles. The van der Waals surface area contributed by atoms with Crippen molar-refractivity contribution in [3.8, 4) is 39.4 Å². The molecule has 2 aromatic heterocycles. The van der Waals surface area contributed by atoms with Crippen LogP contribution in [0.5, 0.6) is 11.5 Å². The summed E-state index contributed by atoms with van der Waals surface area (Å²) in [4.78, 5) is 19.6. The molecule has 0 unspecified atom stereocenters. The molecule has 0 radical (unpaired) electrons. The molecular weight excluding hydrogens is 520 g/mol. The van der Waals surface area contributed by atoms with Crippen LogP contribution in [0, 0.1) is 11.3 Å². The number of aromatic nitrogens is 3. The number of thiophene rings is 1. The van der Waals surface area contributed by atoms with Crippen molar-refractivity contribution in [1.29, 1.82) is 5.26 Å². The smallest absolute Gasteiger partial charge is 0.339 e. The Morgan fingerprint density at radius 2 is 2.08 bits per heavy atom. The molecule has 4 N–H and O–H groups in total. The van der Waals surface area contributed by atoms with Crippen LogP contribution in [-0.2, 0) is 4.74 Å². The van der Waals surface area contributed by atoms with E-state index in [4.69, 9.17) is 9.47 Å². The summed E-state index contributed by atoms with van der Waals surface area (Å²) in [5, 5.41) is 34.2. The summed E-state index contributed by atoms with van der Waals surface area (Å²) < 4.78 is 10.5. The van der Waals surface area contributed by atoms with E-state index in [1.807, 2.05) is 12.1 Å². The van der Waals surface area contributed by atoms with Gasteiger partial charge in [-0.3, -0.25) is 5.10 Å². The number of urea groups is 1. The summed E-state index contributed by atoms with van der Waals surface area (Å²) in [6.45, 7) is 2.60. The zero-order valence-electron chi connectivity index (χ0n) is 20.8. The van der Waals surface area contributed by atoms with Crippen LogP contribution in [0.1, 0.15) is 11.1 Å². The van der Waals surface area contributed by atoms with Crippen LogP contribution >= 0.6 is 11.3 Å². The van der Waals surface area contributed by atoms with Crippen molar-refractivity contribution < 1.29 is 19.4 Å². The number of benzene rings is 2. The maximum absolute atomic E-state index is 12.3. The van der Waals surface area contributed by atoms with E-state index in [9.17, 15) is 15.2 Å². The second-order valence-corrected chi connectivity index (χ2v) is 9.36. The Kier molecular flexibility index (Phi) is 7.67. The minimum Gasteiger partial charge on any atom is -0.504 e. The lowest BCUT2D eigenvalue weighted by Gasteiger charge is -2.27. The summed E-state index contributed by atoms with van der Waals surface area (Å²) in [5.41, 5.74) is 5.70.